The first-order chi connectivity index (χ1) is 11.7. The quantitative estimate of drug-likeness (QED) is 0.879. The first-order valence-corrected chi connectivity index (χ1v) is 7.90. The second-order valence-electron chi connectivity index (χ2n) is 5.69. The third-order valence-corrected chi connectivity index (χ3v) is 3.88. The summed E-state index contributed by atoms with van der Waals surface area (Å²) in [5.74, 6) is 0.786. The standard InChI is InChI=1S/C17H19FN2O4/c18-13-1-3-14(4-2-13)23-11-15-9-16(20-24-15)17(21)19-10-12-5-7-22-8-6-12/h1-4,9,12H,5-8,10-11H2,(H,19,21). The smallest absolute Gasteiger partial charge is 0.273 e. The third kappa shape index (κ3) is 4.55. The molecular weight excluding hydrogens is 315 g/mol. The molecule has 0 spiro atoms. The van der Waals surface area contributed by atoms with Gasteiger partial charge in [-0.3, -0.25) is 4.79 Å². The molecule has 1 aromatic carbocycles. The topological polar surface area (TPSA) is 73.6 Å². The molecule has 7 heteroatoms. The fourth-order valence-electron chi connectivity index (χ4n) is 2.45. The molecule has 0 radical (unpaired) electrons. The van der Waals surface area contributed by atoms with Crippen molar-refractivity contribution in [2.45, 2.75) is 19.4 Å². The van der Waals surface area contributed by atoms with Gasteiger partial charge in [0.1, 0.15) is 18.2 Å². The van der Waals surface area contributed by atoms with E-state index in [2.05, 4.69) is 10.5 Å². The molecule has 6 nitrogen and oxygen atoms in total. The van der Waals surface area contributed by atoms with Crippen LogP contribution in [0.4, 0.5) is 4.39 Å². The van der Waals surface area contributed by atoms with Crippen LogP contribution in [0.25, 0.3) is 0 Å². The second kappa shape index (κ2) is 7.92. The Labute approximate surface area is 138 Å². The lowest BCUT2D eigenvalue weighted by molar-refractivity contribution is 0.0641. The van der Waals surface area contributed by atoms with Crippen molar-refractivity contribution in [3.63, 3.8) is 0 Å². The number of nitrogens with one attached hydrogen (secondary N) is 1. The van der Waals surface area contributed by atoms with E-state index in [4.69, 9.17) is 14.0 Å². The van der Waals surface area contributed by atoms with Crippen LogP contribution in [0.5, 0.6) is 5.75 Å². The zero-order chi connectivity index (χ0) is 16.8. The lowest BCUT2D eigenvalue weighted by Crippen LogP contribution is -2.32. The molecule has 1 fully saturated rings. The summed E-state index contributed by atoms with van der Waals surface area (Å²) in [5.41, 5.74) is 0.222. The van der Waals surface area contributed by atoms with E-state index < -0.39 is 0 Å². The van der Waals surface area contributed by atoms with Gasteiger partial charge in [0.15, 0.2) is 11.5 Å². The van der Waals surface area contributed by atoms with Crippen molar-refractivity contribution in [1.82, 2.24) is 10.5 Å². The number of carbonyl (C=O) groups excluding carboxylic acids is 1. The summed E-state index contributed by atoms with van der Waals surface area (Å²) < 4.78 is 28.6. The molecule has 0 bridgehead atoms. The van der Waals surface area contributed by atoms with Gasteiger partial charge in [-0.25, -0.2) is 4.39 Å². The van der Waals surface area contributed by atoms with Gasteiger partial charge in [0.05, 0.1) is 0 Å². The van der Waals surface area contributed by atoms with Crippen molar-refractivity contribution in [2.75, 3.05) is 19.8 Å². The zero-order valence-corrected chi connectivity index (χ0v) is 13.2. The number of nitrogens with zero attached hydrogens (tertiary/aromatic N) is 1. The number of hydrogen-bond donors (Lipinski definition) is 1. The molecule has 0 aliphatic carbocycles. The molecule has 0 atom stereocenters. The summed E-state index contributed by atoms with van der Waals surface area (Å²) >= 11 is 0. The maximum atomic E-state index is 12.8. The Morgan fingerprint density at radius 3 is 2.79 bits per heavy atom. The van der Waals surface area contributed by atoms with E-state index in [0.717, 1.165) is 26.1 Å². The number of halogens is 1. The summed E-state index contributed by atoms with van der Waals surface area (Å²) in [7, 11) is 0. The van der Waals surface area contributed by atoms with Gasteiger partial charge in [-0.2, -0.15) is 0 Å². The summed E-state index contributed by atoms with van der Waals surface area (Å²) in [6, 6.07) is 7.21. The second-order valence-corrected chi connectivity index (χ2v) is 5.69. The monoisotopic (exact) mass is 334 g/mol. The van der Waals surface area contributed by atoms with E-state index >= 15 is 0 Å². The molecule has 1 N–H and O–H groups in total. The molecule has 24 heavy (non-hydrogen) atoms. The average molecular weight is 334 g/mol. The fraction of sp³-hybridized carbons (Fsp3) is 0.412. The fourth-order valence-corrected chi connectivity index (χ4v) is 2.45. The molecule has 1 aromatic heterocycles. The number of benzene rings is 1. The molecule has 3 rings (SSSR count). The number of rotatable bonds is 6. The SMILES string of the molecule is O=C(NCC1CCOCC1)c1cc(COc2ccc(F)cc2)on1. The van der Waals surface area contributed by atoms with Crippen LogP contribution in [0.3, 0.4) is 0 Å². The molecular formula is C17H19FN2O4. The molecule has 1 aliphatic heterocycles. The largest absolute Gasteiger partial charge is 0.486 e. The van der Waals surface area contributed by atoms with Crippen LogP contribution in [-0.4, -0.2) is 30.8 Å². The lowest BCUT2D eigenvalue weighted by Gasteiger charge is -2.21. The van der Waals surface area contributed by atoms with E-state index in [1.165, 1.54) is 24.3 Å². The van der Waals surface area contributed by atoms with Crippen LogP contribution in [0.2, 0.25) is 0 Å². The van der Waals surface area contributed by atoms with Gasteiger partial charge >= 0.3 is 0 Å². The van der Waals surface area contributed by atoms with E-state index in [1.54, 1.807) is 6.07 Å². The van der Waals surface area contributed by atoms with Crippen LogP contribution in [0, 0.1) is 11.7 Å². The highest BCUT2D eigenvalue weighted by molar-refractivity contribution is 5.92. The van der Waals surface area contributed by atoms with Gasteiger partial charge in [-0.15, -0.1) is 0 Å². The Morgan fingerprint density at radius 1 is 1.29 bits per heavy atom. The zero-order valence-electron chi connectivity index (χ0n) is 13.2. The molecule has 0 unspecified atom stereocenters. The van der Waals surface area contributed by atoms with Crippen LogP contribution in [0.15, 0.2) is 34.9 Å². The molecule has 128 valence electrons. The Balaban J connectivity index is 1.47. The molecule has 1 aliphatic rings. The minimum Gasteiger partial charge on any atom is -0.486 e. The number of amides is 1. The van der Waals surface area contributed by atoms with Crippen LogP contribution < -0.4 is 10.1 Å². The molecule has 2 heterocycles. The number of hydrogen-bond acceptors (Lipinski definition) is 5. The minimum atomic E-state index is -0.328. The third-order valence-electron chi connectivity index (χ3n) is 3.88. The maximum Gasteiger partial charge on any atom is 0.273 e. The first-order valence-electron chi connectivity index (χ1n) is 7.90. The van der Waals surface area contributed by atoms with Crippen molar-refractivity contribution >= 4 is 5.91 Å². The van der Waals surface area contributed by atoms with Crippen molar-refractivity contribution in [1.29, 1.82) is 0 Å². The number of aromatic nitrogens is 1. The average Bonchev–Trinajstić information content (AvgIpc) is 3.09. The normalized spacial score (nSPS) is 15.2. The Bertz CT molecular complexity index is 665. The molecule has 1 amide bonds. The van der Waals surface area contributed by atoms with Crippen LogP contribution >= 0.6 is 0 Å². The van der Waals surface area contributed by atoms with E-state index in [0.29, 0.717) is 24.0 Å². The predicted octanol–water partition coefficient (Wildman–Crippen LogP) is 2.55. The highest BCUT2D eigenvalue weighted by Gasteiger charge is 2.17. The van der Waals surface area contributed by atoms with Gasteiger partial charge < -0.3 is 19.3 Å². The van der Waals surface area contributed by atoms with Gasteiger partial charge in [0, 0.05) is 25.8 Å². The Kier molecular flexibility index (Phi) is 5.43. The van der Waals surface area contributed by atoms with E-state index in [1.807, 2.05) is 0 Å². The van der Waals surface area contributed by atoms with Crippen LogP contribution in [0.1, 0.15) is 29.1 Å². The Morgan fingerprint density at radius 2 is 2.04 bits per heavy atom. The summed E-state index contributed by atoms with van der Waals surface area (Å²) in [6.45, 7) is 2.22. The van der Waals surface area contributed by atoms with Gasteiger partial charge in [0.2, 0.25) is 0 Å². The van der Waals surface area contributed by atoms with E-state index in [-0.39, 0.29) is 24.0 Å². The lowest BCUT2D eigenvalue weighted by atomic mass is 10.0. The van der Waals surface area contributed by atoms with Gasteiger partial charge in [-0.1, -0.05) is 5.16 Å². The molecule has 2 aromatic rings. The summed E-state index contributed by atoms with van der Waals surface area (Å²) in [5, 5.41) is 6.62. The molecule has 0 saturated carbocycles. The number of carbonyl (C=O) groups is 1. The van der Waals surface area contributed by atoms with Crippen molar-refractivity contribution < 1.29 is 23.2 Å². The predicted molar refractivity (Wildman–Crippen MR) is 83.1 cm³/mol. The summed E-state index contributed by atoms with van der Waals surface area (Å²) in [4.78, 5) is 12.1. The number of ether oxygens (including phenoxy) is 2. The first kappa shape index (κ1) is 16.4. The van der Waals surface area contributed by atoms with Crippen molar-refractivity contribution in [2.24, 2.45) is 5.92 Å². The maximum absolute atomic E-state index is 12.8. The van der Waals surface area contributed by atoms with Gasteiger partial charge in [0.25, 0.3) is 5.91 Å². The van der Waals surface area contributed by atoms with E-state index in [9.17, 15) is 9.18 Å². The highest BCUT2D eigenvalue weighted by Crippen LogP contribution is 2.15. The highest BCUT2D eigenvalue weighted by atomic mass is 19.1. The molecule has 1 saturated heterocycles. The Hall–Kier alpha value is -2.41. The van der Waals surface area contributed by atoms with Gasteiger partial charge in [-0.05, 0) is 43.0 Å². The van der Waals surface area contributed by atoms with Crippen molar-refractivity contribution in [3.8, 4) is 5.75 Å². The van der Waals surface area contributed by atoms with Crippen molar-refractivity contribution in [3.05, 3.63) is 47.6 Å². The summed E-state index contributed by atoms with van der Waals surface area (Å²) in [6.07, 6.45) is 1.91. The minimum absolute atomic E-state index is 0.117. The van der Waals surface area contributed by atoms with Crippen LogP contribution in [-0.2, 0) is 11.3 Å².